The van der Waals surface area contributed by atoms with E-state index in [2.05, 4.69) is 29.2 Å². The molecule has 0 aliphatic carbocycles. The van der Waals surface area contributed by atoms with Gasteiger partial charge in [0.15, 0.2) is 0 Å². The van der Waals surface area contributed by atoms with Crippen LogP contribution in [-0.2, 0) is 0 Å². The van der Waals surface area contributed by atoms with Crippen LogP contribution in [0.3, 0.4) is 0 Å². The summed E-state index contributed by atoms with van der Waals surface area (Å²) < 4.78 is 5.49. The van der Waals surface area contributed by atoms with E-state index >= 15 is 0 Å². The number of nitrogen functional groups attached to an aromatic ring is 1. The number of rotatable bonds is 4. The third kappa shape index (κ3) is 2.85. The van der Waals surface area contributed by atoms with Crippen LogP contribution in [0.5, 0.6) is 5.88 Å². The predicted molar refractivity (Wildman–Crippen MR) is 54.9 cm³/mol. The van der Waals surface area contributed by atoms with Crippen LogP contribution in [0.2, 0.25) is 0 Å². The minimum absolute atomic E-state index is 0.370. The molecule has 0 bridgehead atoms. The van der Waals surface area contributed by atoms with Gasteiger partial charge in [-0.1, -0.05) is 13.8 Å². The van der Waals surface area contributed by atoms with E-state index in [1.807, 2.05) is 6.92 Å². The van der Waals surface area contributed by atoms with Gasteiger partial charge in [0.05, 0.1) is 6.61 Å². The van der Waals surface area contributed by atoms with Crippen molar-refractivity contribution in [3.05, 3.63) is 11.8 Å². The second-order valence-corrected chi connectivity index (χ2v) is 3.53. The van der Waals surface area contributed by atoms with Crippen molar-refractivity contribution in [1.29, 1.82) is 0 Å². The maximum Gasteiger partial charge on any atom is 0.240 e. The van der Waals surface area contributed by atoms with E-state index in [4.69, 9.17) is 10.6 Å². The molecule has 14 heavy (non-hydrogen) atoms. The zero-order chi connectivity index (χ0) is 10.6. The molecule has 0 aliphatic heterocycles. The number of hydrazine groups is 1. The Bertz CT molecular complexity index is 301. The molecule has 1 aromatic rings. The number of hydrogen-bond acceptors (Lipinski definition) is 5. The lowest BCUT2D eigenvalue weighted by Gasteiger charge is -2.10. The molecule has 0 atom stereocenters. The largest absolute Gasteiger partial charge is 0.477 e. The van der Waals surface area contributed by atoms with Gasteiger partial charge in [0.2, 0.25) is 11.8 Å². The fraction of sp³-hybridized carbons (Fsp3) is 0.556. The number of nitrogens with zero attached hydrogens (tertiary/aromatic N) is 2. The summed E-state index contributed by atoms with van der Waals surface area (Å²) in [5.41, 5.74) is 3.29. The lowest BCUT2D eigenvalue weighted by atomic mass is 10.2. The molecule has 0 saturated heterocycles. The Morgan fingerprint density at radius 2 is 2.29 bits per heavy atom. The molecular formula is C9H16N4O. The average molecular weight is 196 g/mol. The van der Waals surface area contributed by atoms with Gasteiger partial charge in [0.1, 0.15) is 0 Å². The highest BCUT2D eigenvalue weighted by Crippen LogP contribution is 2.15. The second kappa shape index (κ2) is 4.76. The summed E-state index contributed by atoms with van der Waals surface area (Å²) in [7, 11) is 0. The Morgan fingerprint density at radius 3 is 2.86 bits per heavy atom. The lowest BCUT2D eigenvalue weighted by molar-refractivity contribution is 0.259. The van der Waals surface area contributed by atoms with E-state index in [-0.39, 0.29) is 0 Å². The van der Waals surface area contributed by atoms with Crippen LogP contribution in [0.25, 0.3) is 0 Å². The lowest BCUT2D eigenvalue weighted by Crippen LogP contribution is -2.13. The van der Waals surface area contributed by atoms with Crippen molar-refractivity contribution in [2.24, 2.45) is 11.8 Å². The van der Waals surface area contributed by atoms with E-state index in [9.17, 15) is 0 Å². The number of nitrogens with two attached hydrogens (primary N) is 1. The van der Waals surface area contributed by atoms with Gasteiger partial charge in [0.25, 0.3) is 0 Å². The van der Waals surface area contributed by atoms with Gasteiger partial charge >= 0.3 is 0 Å². The zero-order valence-corrected chi connectivity index (χ0v) is 8.74. The highest BCUT2D eigenvalue weighted by molar-refractivity contribution is 5.31. The standard InChI is InChI=1S/C9H16N4O/c1-6(2)5-14-8-7(3)4-11-9(12-8)13-10/h4,6H,5,10H2,1-3H3,(H,11,12,13). The normalized spacial score (nSPS) is 10.4. The van der Waals surface area contributed by atoms with E-state index in [0.717, 1.165) is 5.56 Å². The number of nitrogens with one attached hydrogen (secondary N) is 1. The number of hydrogen-bond donors (Lipinski definition) is 2. The van der Waals surface area contributed by atoms with Gasteiger partial charge in [0, 0.05) is 11.8 Å². The molecule has 3 N–H and O–H groups in total. The van der Waals surface area contributed by atoms with Crippen molar-refractivity contribution in [1.82, 2.24) is 9.97 Å². The smallest absolute Gasteiger partial charge is 0.240 e. The van der Waals surface area contributed by atoms with Gasteiger partial charge in [-0.3, -0.25) is 5.43 Å². The minimum Gasteiger partial charge on any atom is -0.477 e. The summed E-state index contributed by atoms with van der Waals surface area (Å²) in [6, 6.07) is 0. The first-order valence-electron chi connectivity index (χ1n) is 4.56. The molecule has 0 radical (unpaired) electrons. The first-order chi connectivity index (χ1) is 6.63. The monoisotopic (exact) mass is 196 g/mol. The third-order valence-corrected chi connectivity index (χ3v) is 1.61. The highest BCUT2D eigenvalue weighted by atomic mass is 16.5. The summed E-state index contributed by atoms with van der Waals surface area (Å²) in [5.74, 6) is 6.62. The molecular weight excluding hydrogens is 180 g/mol. The maximum atomic E-state index is 5.49. The average Bonchev–Trinajstić information content (AvgIpc) is 2.16. The van der Waals surface area contributed by atoms with Crippen molar-refractivity contribution < 1.29 is 4.74 Å². The maximum absolute atomic E-state index is 5.49. The van der Waals surface area contributed by atoms with Gasteiger partial charge < -0.3 is 4.74 Å². The van der Waals surface area contributed by atoms with Gasteiger partial charge in [-0.2, -0.15) is 4.98 Å². The van der Waals surface area contributed by atoms with Crippen molar-refractivity contribution >= 4 is 5.95 Å². The van der Waals surface area contributed by atoms with E-state index in [1.165, 1.54) is 0 Å². The van der Waals surface area contributed by atoms with E-state index < -0.39 is 0 Å². The molecule has 0 aliphatic rings. The third-order valence-electron chi connectivity index (χ3n) is 1.61. The fourth-order valence-corrected chi connectivity index (χ4v) is 0.888. The minimum atomic E-state index is 0.370. The quantitative estimate of drug-likeness (QED) is 0.557. The van der Waals surface area contributed by atoms with Crippen molar-refractivity contribution in [2.75, 3.05) is 12.0 Å². The molecule has 0 fully saturated rings. The van der Waals surface area contributed by atoms with Crippen LogP contribution >= 0.6 is 0 Å². The fourth-order valence-electron chi connectivity index (χ4n) is 0.888. The number of aromatic nitrogens is 2. The van der Waals surface area contributed by atoms with Crippen molar-refractivity contribution in [3.63, 3.8) is 0 Å². The molecule has 0 amide bonds. The second-order valence-electron chi connectivity index (χ2n) is 3.53. The molecule has 1 rings (SSSR count). The summed E-state index contributed by atoms with van der Waals surface area (Å²) in [6.45, 7) is 6.70. The zero-order valence-electron chi connectivity index (χ0n) is 8.74. The molecule has 0 spiro atoms. The van der Waals surface area contributed by atoms with Gasteiger partial charge in [-0.05, 0) is 12.8 Å². The van der Waals surface area contributed by atoms with Gasteiger partial charge in [-0.25, -0.2) is 10.8 Å². The van der Waals surface area contributed by atoms with Crippen LogP contribution in [0.1, 0.15) is 19.4 Å². The molecule has 0 saturated carbocycles. The summed E-state index contributed by atoms with van der Waals surface area (Å²) >= 11 is 0. The summed E-state index contributed by atoms with van der Waals surface area (Å²) in [4.78, 5) is 8.05. The van der Waals surface area contributed by atoms with Crippen molar-refractivity contribution in [3.8, 4) is 5.88 Å². The summed E-state index contributed by atoms with van der Waals surface area (Å²) in [6.07, 6.45) is 1.68. The first kappa shape index (κ1) is 10.7. The Labute approximate surface area is 83.7 Å². The van der Waals surface area contributed by atoms with Crippen molar-refractivity contribution in [2.45, 2.75) is 20.8 Å². The molecule has 0 unspecified atom stereocenters. The molecule has 0 aromatic carbocycles. The molecule has 1 heterocycles. The Hall–Kier alpha value is -1.36. The Kier molecular flexibility index (Phi) is 3.64. The van der Waals surface area contributed by atoms with Crippen LogP contribution in [0, 0.1) is 12.8 Å². The van der Waals surface area contributed by atoms with E-state index in [0.29, 0.717) is 24.4 Å². The van der Waals surface area contributed by atoms with Crippen LogP contribution in [-0.4, -0.2) is 16.6 Å². The van der Waals surface area contributed by atoms with E-state index in [1.54, 1.807) is 6.20 Å². The summed E-state index contributed by atoms with van der Waals surface area (Å²) in [5, 5.41) is 0. The Morgan fingerprint density at radius 1 is 1.57 bits per heavy atom. The SMILES string of the molecule is Cc1cnc(NN)nc1OCC(C)C. The van der Waals surface area contributed by atoms with Crippen LogP contribution in [0.15, 0.2) is 6.20 Å². The van der Waals surface area contributed by atoms with Crippen LogP contribution in [0.4, 0.5) is 5.95 Å². The molecule has 5 nitrogen and oxygen atoms in total. The first-order valence-corrected chi connectivity index (χ1v) is 4.56. The highest BCUT2D eigenvalue weighted by Gasteiger charge is 2.04. The number of aryl methyl sites for hydroxylation is 1. The Balaban J connectivity index is 2.73. The van der Waals surface area contributed by atoms with Crippen LogP contribution < -0.4 is 16.0 Å². The number of ether oxygens (including phenoxy) is 1. The topological polar surface area (TPSA) is 73.1 Å². The molecule has 5 heteroatoms. The number of anilines is 1. The van der Waals surface area contributed by atoms with Gasteiger partial charge in [-0.15, -0.1) is 0 Å². The predicted octanol–water partition coefficient (Wildman–Crippen LogP) is 1.11. The molecule has 1 aromatic heterocycles. The molecule has 78 valence electrons.